The van der Waals surface area contributed by atoms with E-state index in [1.165, 1.54) is 19.4 Å². The van der Waals surface area contributed by atoms with E-state index >= 15 is 0 Å². The second-order valence-electron chi connectivity index (χ2n) is 7.16. The van der Waals surface area contributed by atoms with Crippen molar-refractivity contribution in [2.45, 2.75) is 39.7 Å². The zero-order valence-electron chi connectivity index (χ0n) is 16.4. The van der Waals surface area contributed by atoms with Crippen molar-refractivity contribution in [1.29, 1.82) is 0 Å². The summed E-state index contributed by atoms with van der Waals surface area (Å²) in [6.45, 7) is 12.2. The van der Waals surface area contributed by atoms with Gasteiger partial charge in [0.1, 0.15) is 5.52 Å². The van der Waals surface area contributed by atoms with Crippen LogP contribution in [0.1, 0.15) is 38.4 Å². The normalized spacial score (nSPS) is 16.8. The van der Waals surface area contributed by atoms with Gasteiger partial charge in [0, 0.05) is 36.7 Å². The van der Waals surface area contributed by atoms with Crippen molar-refractivity contribution in [3.63, 3.8) is 0 Å². The number of fused-ring (bicyclic) bond motifs is 1. The van der Waals surface area contributed by atoms with E-state index in [2.05, 4.69) is 45.8 Å². The molecule has 4 rings (SSSR count). The van der Waals surface area contributed by atoms with E-state index in [1.807, 2.05) is 36.1 Å². The average Bonchev–Trinajstić information content (AvgIpc) is 3.20. The van der Waals surface area contributed by atoms with Crippen LogP contribution in [0.15, 0.2) is 43.5 Å². The second kappa shape index (κ2) is 8.86. The maximum absolute atomic E-state index is 4.59. The molecule has 6 nitrogen and oxygen atoms in total. The predicted octanol–water partition coefficient (Wildman–Crippen LogP) is 3.95. The fourth-order valence-corrected chi connectivity index (χ4v) is 3.11. The number of piperidine rings is 1. The van der Waals surface area contributed by atoms with Crippen molar-refractivity contribution < 1.29 is 0 Å². The molecule has 1 fully saturated rings. The van der Waals surface area contributed by atoms with Gasteiger partial charge in [0.15, 0.2) is 0 Å². The molecule has 0 bridgehead atoms. The molecular weight excluding hydrogens is 336 g/mol. The van der Waals surface area contributed by atoms with Crippen LogP contribution in [-0.2, 0) is 0 Å². The molecule has 0 unspecified atom stereocenters. The molecule has 1 aliphatic rings. The first kappa shape index (κ1) is 19.2. The van der Waals surface area contributed by atoms with E-state index in [-0.39, 0.29) is 0 Å². The number of nitrogens with one attached hydrogen (secondary N) is 1. The molecule has 1 saturated heterocycles. The van der Waals surface area contributed by atoms with Gasteiger partial charge in [0.05, 0.1) is 23.1 Å². The van der Waals surface area contributed by atoms with Gasteiger partial charge in [-0.1, -0.05) is 6.08 Å². The minimum Gasteiger partial charge on any atom is -0.316 e. The zero-order valence-corrected chi connectivity index (χ0v) is 16.4. The lowest BCUT2D eigenvalue weighted by Crippen LogP contribution is -2.28. The third kappa shape index (κ3) is 4.77. The van der Waals surface area contributed by atoms with Crippen molar-refractivity contribution in [2.75, 3.05) is 13.1 Å². The van der Waals surface area contributed by atoms with Gasteiger partial charge < -0.3 is 5.32 Å². The van der Waals surface area contributed by atoms with Crippen LogP contribution < -0.4 is 5.32 Å². The third-order valence-corrected chi connectivity index (χ3v) is 4.73. The highest BCUT2D eigenvalue weighted by molar-refractivity contribution is 5.80. The molecule has 27 heavy (non-hydrogen) atoms. The van der Waals surface area contributed by atoms with Crippen LogP contribution in [0.3, 0.4) is 0 Å². The smallest absolute Gasteiger partial charge is 0.110 e. The van der Waals surface area contributed by atoms with Gasteiger partial charge in [0.25, 0.3) is 0 Å². The highest BCUT2D eigenvalue weighted by atomic mass is 15.3. The lowest BCUT2D eigenvalue weighted by atomic mass is 10.0. The maximum Gasteiger partial charge on any atom is 0.110 e. The summed E-state index contributed by atoms with van der Waals surface area (Å²) in [6.07, 6.45) is 11.9. The summed E-state index contributed by atoms with van der Waals surface area (Å²) in [5.41, 5.74) is 4.49. The van der Waals surface area contributed by atoms with Crippen LogP contribution in [0, 0.1) is 12.8 Å². The van der Waals surface area contributed by atoms with Crippen LogP contribution in [0.2, 0.25) is 0 Å². The molecular formula is C21H28N6. The van der Waals surface area contributed by atoms with E-state index in [0.717, 1.165) is 40.4 Å². The van der Waals surface area contributed by atoms with Crippen molar-refractivity contribution in [3.05, 3.63) is 49.2 Å². The number of rotatable bonds is 3. The van der Waals surface area contributed by atoms with Crippen LogP contribution in [0.5, 0.6) is 0 Å². The molecule has 3 aromatic rings. The molecule has 1 N–H and O–H groups in total. The van der Waals surface area contributed by atoms with E-state index in [9.17, 15) is 0 Å². The van der Waals surface area contributed by atoms with E-state index in [0.29, 0.717) is 6.04 Å². The first-order valence-electron chi connectivity index (χ1n) is 9.54. The Kier molecular flexibility index (Phi) is 6.29. The van der Waals surface area contributed by atoms with Crippen LogP contribution in [0.4, 0.5) is 0 Å². The first-order valence-corrected chi connectivity index (χ1v) is 9.54. The lowest BCUT2D eigenvalue weighted by molar-refractivity contribution is 0.439. The SMILES string of the molecule is C=C[C@H]1CCCNC1.Cc1nc(-c2cnn(C(C)C)c2)cc2nccnc12. The molecule has 3 aromatic heterocycles. The van der Waals surface area contributed by atoms with Crippen molar-refractivity contribution in [3.8, 4) is 11.3 Å². The fraction of sp³-hybridized carbons (Fsp3) is 0.429. The Labute approximate surface area is 160 Å². The molecule has 0 aliphatic carbocycles. The quantitative estimate of drug-likeness (QED) is 0.713. The Morgan fingerprint density at radius 1 is 1.30 bits per heavy atom. The Balaban J connectivity index is 0.000000221. The molecule has 0 amide bonds. The molecule has 0 spiro atoms. The molecule has 1 atom stereocenters. The minimum atomic E-state index is 0.343. The number of hydrogen-bond acceptors (Lipinski definition) is 5. The first-order chi connectivity index (χ1) is 13.1. The highest BCUT2D eigenvalue weighted by Crippen LogP contribution is 2.22. The standard InChI is InChI=1S/C14H15N5.C7H13N/c1-9(2)19-8-11(7-17-19)12-6-13-14(10(3)18-12)16-5-4-15-13;1-2-7-4-3-5-8-6-7/h4-9H,1-3H3;2,7-8H,1,3-6H2/t;7-/m.0/s1. The number of pyridine rings is 1. The Bertz CT molecular complexity index is 893. The summed E-state index contributed by atoms with van der Waals surface area (Å²) in [7, 11) is 0. The molecule has 0 saturated carbocycles. The van der Waals surface area contributed by atoms with Crippen molar-refractivity contribution in [1.82, 2.24) is 30.0 Å². The van der Waals surface area contributed by atoms with E-state index in [4.69, 9.17) is 0 Å². The topological polar surface area (TPSA) is 68.5 Å². The van der Waals surface area contributed by atoms with Crippen molar-refractivity contribution in [2.24, 2.45) is 5.92 Å². The number of nitrogens with zero attached hydrogens (tertiary/aromatic N) is 5. The Morgan fingerprint density at radius 3 is 2.74 bits per heavy atom. The molecule has 0 radical (unpaired) electrons. The fourth-order valence-electron chi connectivity index (χ4n) is 3.11. The van der Waals surface area contributed by atoms with Gasteiger partial charge in [-0.2, -0.15) is 5.10 Å². The van der Waals surface area contributed by atoms with Gasteiger partial charge >= 0.3 is 0 Å². The van der Waals surface area contributed by atoms with Crippen LogP contribution in [-0.4, -0.2) is 37.8 Å². The van der Waals surface area contributed by atoms with E-state index in [1.54, 1.807) is 12.4 Å². The average molecular weight is 364 g/mol. The summed E-state index contributed by atoms with van der Waals surface area (Å²) in [4.78, 5) is 13.2. The number of hydrogen-bond donors (Lipinski definition) is 1. The molecule has 0 aromatic carbocycles. The largest absolute Gasteiger partial charge is 0.316 e. The number of aryl methyl sites for hydroxylation is 1. The van der Waals surface area contributed by atoms with Gasteiger partial charge in [-0.15, -0.1) is 6.58 Å². The highest BCUT2D eigenvalue weighted by Gasteiger charge is 2.09. The molecule has 1 aliphatic heterocycles. The monoisotopic (exact) mass is 364 g/mol. The zero-order chi connectivity index (χ0) is 19.2. The van der Waals surface area contributed by atoms with E-state index < -0.39 is 0 Å². The second-order valence-corrected chi connectivity index (χ2v) is 7.16. The minimum absolute atomic E-state index is 0.343. The third-order valence-electron chi connectivity index (χ3n) is 4.73. The summed E-state index contributed by atoms with van der Waals surface area (Å²) in [5.74, 6) is 0.740. The molecule has 4 heterocycles. The number of aromatic nitrogens is 5. The summed E-state index contributed by atoms with van der Waals surface area (Å²) in [6, 6.07) is 2.30. The van der Waals surface area contributed by atoms with Gasteiger partial charge in [-0.05, 0) is 52.1 Å². The van der Waals surface area contributed by atoms with Gasteiger partial charge in [0.2, 0.25) is 0 Å². The maximum atomic E-state index is 4.59. The van der Waals surface area contributed by atoms with Gasteiger partial charge in [-0.25, -0.2) is 0 Å². The summed E-state index contributed by atoms with van der Waals surface area (Å²) in [5, 5.41) is 7.66. The molecule has 142 valence electrons. The lowest BCUT2D eigenvalue weighted by Gasteiger charge is -2.18. The van der Waals surface area contributed by atoms with Gasteiger partial charge in [-0.3, -0.25) is 19.6 Å². The Morgan fingerprint density at radius 2 is 2.11 bits per heavy atom. The Hall–Kier alpha value is -2.60. The molecule has 6 heteroatoms. The van der Waals surface area contributed by atoms with Crippen LogP contribution in [0.25, 0.3) is 22.3 Å². The summed E-state index contributed by atoms with van der Waals surface area (Å²) < 4.78 is 1.92. The predicted molar refractivity (Wildman–Crippen MR) is 109 cm³/mol. The summed E-state index contributed by atoms with van der Waals surface area (Å²) >= 11 is 0. The van der Waals surface area contributed by atoms with Crippen LogP contribution >= 0.6 is 0 Å². The van der Waals surface area contributed by atoms with Crippen molar-refractivity contribution >= 4 is 11.0 Å².